The predicted molar refractivity (Wildman–Crippen MR) is 54.8 cm³/mol. The lowest BCUT2D eigenvalue weighted by Gasteiger charge is -2.04. The molecule has 0 bridgehead atoms. The molecule has 0 aliphatic carbocycles. The average molecular weight is 212 g/mol. The Kier molecular flexibility index (Phi) is 3.85. The van der Waals surface area contributed by atoms with E-state index in [-0.39, 0.29) is 11.8 Å². The molecule has 0 aliphatic rings. The van der Waals surface area contributed by atoms with Crippen molar-refractivity contribution in [1.82, 2.24) is 9.78 Å². The molecule has 0 spiro atoms. The molecular weight excluding hydrogens is 196 g/mol. The maximum atomic E-state index is 10.8. The van der Waals surface area contributed by atoms with Gasteiger partial charge < -0.3 is 9.84 Å². The maximum absolute atomic E-state index is 10.8. The van der Waals surface area contributed by atoms with Gasteiger partial charge in [-0.05, 0) is 26.8 Å². The molecule has 15 heavy (non-hydrogen) atoms. The monoisotopic (exact) mass is 212 g/mol. The van der Waals surface area contributed by atoms with Crippen molar-refractivity contribution in [3.8, 4) is 0 Å². The Bertz CT molecular complexity index is 344. The molecule has 5 heteroatoms. The van der Waals surface area contributed by atoms with E-state index < -0.39 is 5.97 Å². The summed E-state index contributed by atoms with van der Waals surface area (Å²) in [5.74, 6) is -0.958. The van der Waals surface area contributed by atoms with Gasteiger partial charge in [-0.2, -0.15) is 5.10 Å². The van der Waals surface area contributed by atoms with E-state index in [1.807, 2.05) is 20.8 Å². The van der Waals surface area contributed by atoms with Crippen LogP contribution in [0.5, 0.6) is 0 Å². The molecule has 0 radical (unpaired) electrons. The average Bonchev–Trinajstić information content (AvgIpc) is 2.57. The summed E-state index contributed by atoms with van der Waals surface area (Å²) in [7, 11) is 0. The number of aromatic carboxylic acids is 1. The van der Waals surface area contributed by atoms with Gasteiger partial charge in [0, 0.05) is 6.54 Å². The molecule has 1 aromatic rings. The van der Waals surface area contributed by atoms with Gasteiger partial charge in [-0.15, -0.1) is 0 Å². The fraction of sp³-hybridized carbons (Fsp3) is 0.600. The molecule has 0 fully saturated rings. The van der Waals surface area contributed by atoms with Crippen LogP contribution in [0.1, 0.15) is 37.0 Å². The van der Waals surface area contributed by atoms with Gasteiger partial charge >= 0.3 is 5.97 Å². The Morgan fingerprint density at radius 2 is 2.33 bits per heavy atom. The van der Waals surface area contributed by atoms with Gasteiger partial charge in [-0.3, -0.25) is 4.68 Å². The van der Waals surface area contributed by atoms with Crippen LogP contribution in [-0.2, 0) is 17.9 Å². The minimum absolute atomic E-state index is 0.116. The maximum Gasteiger partial charge on any atom is 0.354 e. The molecule has 0 aliphatic heterocycles. The summed E-state index contributed by atoms with van der Waals surface area (Å²) in [5.41, 5.74) is 0.864. The van der Waals surface area contributed by atoms with Crippen LogP contribution in [0.3, 0.4) is 0 Å². The highest BCUT2D eigenvalue weighted by Crippen LogP contribution is 2.07. The Morgan fingerprint density at radius 1 is 1.67 bits per heavy atom. The van der Waals surface area contributed by atoms with E-state index in [4.69, 9.17) is 9.84 Å². The van der Waals surface area contributed by atoms with Gasteiger partial charge in [-0.25, -0.2) is 4.79 Å². The lowest BCUT2D eigenvalue weighted by atomic mass is 10.3. The Morgan fingerprint density at radius 3 is 2.73 bits per heavy atom. The van der Waals surface area contributed by atoms with Crippen molar-refractivity contribution in [1.29, 1.82) is 0 Å². The van der Waals surface area contributed by atoms with Gasteiger partial charge in [0.05, 0.1) is 18.4 Å². The highest BCUT2D eigenvalue weighted by atomic mass is 16.5. The molecule has 0 saturated carbocycles. The van der Waals surface area contributed by atoms with Crippen LogP contribution in [0.25, 0.3) is 0 Å². The van der Waals surface area contributed by atoms with E-state index in [0.717, 1.165) is 0 Å². The first-order valence-electron chi connectivity index (χ1n) is 4.96. The number of rotatable bonds is 5. The van der Waals surface area contributed by atoms with E-state index in [1.54, 1.807) is 6.07 Å². The van der Waals surface area contributed by atoms with Gasteiger partial charge in [0.1, 0.15) is 5.69 Å². The van der Waals surface area contributed by atoms with Crippen LogP contribution in [0.15, 0.2) is 6.07 Å². The van der Waals surface area contributed by atoms with Gasteiger partial charge in [0.2, 0.25) is 0 Å². The molecule has 1 aromatic heterocycles. The SMILES string of the molecule is CCn1nc(COC(C)C)cc1C(=O)O. The van der Waals surface area contributed by atoms with E-state index in [0.29, 0.717) is 18.8 Å². The third-order valence-electron chi connectivity index (χ3n) is 1.91. The molecule has 0 saturated heterocycles. The largest absolute Gasteiger partial charge is 0.477 e. The number of carboxylic acids is 1. The number of hydrogen-bond acceptors (Lipinski definition) is 3. The van der Waals surface area contributed by atoms with E-state index in [1.165, 1.54) is 4.68 Å². The predicted octanol–water partition coefficient (Wildman–Crippen LogP) is 1.53. The topological polar surface area (TPSA) is 64.4 Å². The first kappa shape index (κ1) is 11.7. The molecule has 0 unspecified atom stereocenters. The summed E-state index contributed by atoms with van der Waals surface area (Å²) in [4.78, 5) is 10.8. The van der Waals surface area contributed by atoms with Gasteiger partial charge in [0.25, 0.3) is 0 Å². The smallest absolute Gasteiger partial charge is 0.354 e. The fourth-order valence-corrected chi connectivity index (χ4v) is 1.21. The minimum Gasteiger partial charge on any atom is -0.477 e. The van der Waals surface area contributed by atoms with E-state index >= 15 is 0 Å². The van der Waals surface area contributed by atoms with E-state index in [2.05, 4.69) is 5.10 Å². The first-order chi connectivity index (χ1) is 7.04. The van der Waals surface area contributed by atoms with Crippen molar-refractivity contribution >= 4 is 5.97 Å². The lowest BCUT2D eigenvalue weighted by Crippen LogP contribution is -2.08. The van der Waals surface area contributed by atoms with Crippen LogP contribution >= 0.6 is 0 Å². The number of carbonyl (C=O) groups is 1. The molecular formula is C10H16N2O3. The summed E-state index contributed by atoms with van der Waals surface area (Å²) >= 11 is 0. The normalized spacial score (nSPS) is 10.9. The third kappa shape index (κ3) is 3.06. The van der Waals surface area contributed by atoms with Gasteiger partial charge in [-0.1, -0.05) is 0 Å². The molecule has 0 aromatic carbocycles. The van der Waals surface area contributed by atoms with Crippen molar-refractivity contribution in [2.45, 2.75) is 40.0 Å². The highest BCUT2D eigenvalue weighted by molar-refractivity contribution is 5.85. The highest BCUT2D eigenvalue weighted by Gasteiger charge is 2.13. The third-order valence-corrected chi connectivity index (χ3v) is 1.91. The number of carboxylic acid groups (broad SMARTS) is 1. The molecule has 1 heterocycles. The quantitative estimate of drug-likeness (QED) is 0.803. The molecule has 84 valence electrons. The lowest BCUT2D eigenvalue weighted by molar-refractivity contribution is 0.0632. The number of hydrogen-bond donors (Lipinski definition) is 1. The molecule has 5 nitrogen and oxygen atoms in total. The van der Waals surface area contributed by atoms with Crippen molar-refractivity contribution in [2.75, 3.05) is 0 Å². The van der Waals surface area contributed by atoms with Crippen LogP contribution in [0.2, 0.25) is 0 Å². The number of aryl methyl sites for hydroxylation is 1. The Hall–Kier alpha value is -1.36. The van der Waals surface area contributed by atoms with E-state index in [9.17, 15) is 4.79 Å². The Balaban J connectivity index is 2.78. The summed E-state index contributed by atoms with van der Waals surface area (Å²) < 4.78 is 6.81. The fourth-order valence-electron chi connectivity index (χ4n) is 1.21. The van der Waals surface area contributed by atoms with Crippen LogP contribution < -0.4 is 0 Å². The molecule has 0 atom stereocenters. The molecule has 1 rings (SSSR count). The molecule has 1 N–H and O–H groups in total. The van der Waals surface area contributed by atoms with Crippen LogP contribution in [0.4, 0.5) is 0 Å². The van der Waals surface area contributed by atoms with Crippen LogP contribution in [0, 0.1) is 0 Å². The van der Waals surface area contributed by atoms with Gasteiger partial charge in [0.15, 0.2) is 0 Å². The van der Waals surface area contributed by atoms with Crippen molar-refractivity contribution in [2.24, 2.45) is 0 Å². The number of nitrogens with zero attached hydrogens (tertiary/aromatic N) is 2. The van der Waals surface area contributed by atoms with Crippen molar-refractivity contribution in [3.05, 3.63) is 17.5 Å². The number of aromatic nitrogens is 2. The summed E-state index contributed by atoms with van der Waals surface area (Å²) in [5, 5.41) is 13.0. The summed E-state index contributed by atoms with van der Waals surface area (Å²) in [6, 6.07) is 1.55. The second kappa shape index (κ2) is 4.93. The zero-order valence-corrected chi connectivity index (χ0v) is 9.23. The second-order valence-corrected chi connectivity index (χ2v) is 3.50. The zero-order valence-electron chi connectivity index (χ0n) is 9.23. The summed E-state index contributed by atoms with van der Waals surface area (Å²) in [6.07, 6.45) is 0.116. The van der Waals surface area contributed by atoms with Crippen molar-refractivity contribution in [3.63, 3.8) is 0 Å². The number of ether oxygens (including phenoxy) is 1. The first-order valence-corrected chi connectivity index (χ1v) is 4.96. The minimum atomic E-state index is -0.958. The Labute approximate surface area is 88.7 Å². The zero-order chi connectivity index (χ0) is 11.4. The standard InChI is InChI=1S/C10H16N2O3/c1-4-12-9(10(13)14)5-8(11-12)6-15-7(2)3/h5,7H,4,6H2,1-3H3,(H,13,14). The van der Waals surface area contributed by atoms with Crippen molar-refractivity contribution < 1.29 is 14.6 Å². The molecule has 0 amide bonds. The second-order valence-electron chi connectivity index (χ2n) is 3.50. The van der Waals surface area contributed by atoms with Crippen LogP contribution in [-0.4, -0.2) is 27.0 Å². The summed E-state index contributed by atoms with van der Waals surface area (Å²) in [6.45, 7) is 6.60.